The van der Waals surface area contributed by atoms with Crippen LogP contribution in [0.3, 0.4) is 0 Å². The first-order valence-corrected chi connectivity index (χ1v) is 7.52. The molecule has 2 unspecified atom stereocenters. The Morgan fingerprint density at radius 1 is 1.47 bits per heavy atom. The molecule has 2 rings (SSSR count). The Balaban J connectivity index is 1.71. The summed E-state index contributed by atoms with van der Waals surface area (Å²) >= 11 is 0. The second-order valence-electron chi connectivity index (χ2n) is 5.64. The number of carbonyl (C=O) groups is 1. The summed E-state index contributed by atoms with van der Waals surface area (Å²) in [4.78, 5) is 13.5. The van der Waals surface area contributed by atoms with Crippen LogP contribution in [0.5, 0.6) is 0 Å². The van der Waals surface area contributed by atoms with E-state index in [1.54, 1.807) is 0 Å². The van der Waals surface area contributed by atoms with Crippen molar-refractivity contribution in [3.8, 4) is 0 Å². The standard InChI is InChI=1S/C14H26N2O3/c1-2-19-12-4-3-8-16(10-12)9-7-13(14(17)18)15-11-5-6-11/h11-13,15H,2-10H2,1H3,(H,17,18). The SMILES string of the molecule is CCOC1CCCN(CCC(NC2CC2)C(=O)O)C1. The normalized spacial score (nSPS) is 26.3. The molecule has 0 amide bonds. The lowest BCUT2D eigenvalue weighted by atomic mass is 10.1. The number of hydrogen-bond acceptors (Lipinski definition) is 4. The van der Waals surface area contributed by atoms with E-state index in [1.807, 2.05) is 6.92 Å². The van der Waals surface area contributed by atoms with E-state index < -0.39 is 5.97 Å². The van der Waals surface area contributed by atoms with Gasteiger partial charge in [0.1, 0.15) is 6.04 Å². The molecule has 2 fully saturated rings. The van der Waals surface area contributed by atoms with E-state index in [-0.39, 0.29) is 6.04 Å². The van der Waals surface area contributed by atoms with Crippen LogP contribution < -0.4 is 5.32 Å². The maximum Gasteiger partial charge on any atom is 0.320 e. The summed E-state index contributed by atoms with van der Waals surface area (Å²) in [6.07, 6.45) is 5.55. The van der Waals surface area contributed by atoms with Gasteiger partial charge in [0.15, 0.2) is 0 Å². The van der Waals surface area contributed by atoms with E-state index in [0.717, 1.165) is 51.9 Å². The quantitative estimate of drug-likeness (QED) is 0.691. The Morgan fingerprint density at radius 2 is 2.26 bits per heavy atom. The fraction of sp³-hybridized carbons (Fsp3) is 0.929. The first-order valence-electron chi connectivity index (χ1n) is 7.52. The lowest BCUT2D eigenvalue weighted by Crippen LogP contribution is -2.44. The van der Waals surface area contributed by atoms with Crippen molar-refractivity contribution in [1.82, 2.24) is 10.2 Å². The van der Waals surface area contributed by atoms with Crippen LogP contribution in [0.15, 0.2) is 0 Å². The predicted molar refractivity (Wildman–Crippen MR) is 73.3 cm³/mol. The van der Waals surface area contributed by atoms with Gasteiger partial charge in [0, 0.05) is 25.7 Å². The molecule has 0 radical (unpaired) electrons. The number of ether oxygens (including phenoxy) is 1. The summed E-state index contributed by atoms with van der Waals surface area (Å²) in [5.41, 5.74) is 0. The molecule has 0 bridgehead atoms. The molecule has 19 heavy (non-hydrogen) atoms. The first-order chi connectivity index (χ1) is 9.19. The smallest absolute Gasteiger partial charge is 0.320 e. The third kappa shape index (κ3) is 5.09. The van der Waals surface area contributed by atoms with Crippen molar-refractivity contribution in [2.75, 3.05) is 26.2 Å². The van der Waals surface area contributed by atoms with Gasteiger partial charge in [0.2, 0.25) is 0 Å². The van der Waals surface area contributed by atoms with Crippen LogP contribution in [0.1, 0.15) is 39.0 Å². The van der Waals surface area contributed by atoms with Gasteiger partial charge >= 0.3 is 5.97 Å². The van der Waals surface area contributed by atoms with Crippen molar-refractivity contribution < 1.29 is 14.6 Å². The van der Waals surface area contributed by atoms with Gasteiger partial charge < -0.3 is 20.1 Å². The van der Waals surface area contributed by atoms with Crippen molar-refractivity contribution >= 4 is 5.97 Å². The number of rotatable bonds is 8. The van der Waals surface area contributed by atoms with Crippen molar-refractivity contribution in [2.24, 2.45) is 0 Å². The average Bonchev–Trinajstić information content (AvgIpc) is 3.19. The molecule has 2 atom stereocenters. The minimum Gasteiger partial charge on any atom is -0.480 e. The molecule has 0 spiro atoms. The molecule has 0 aromatic heterocycles. The van der Waals surface area contributed by atoms with E-state index in [4.69, 9.17) is 4.74 Å². The van der Waals surface area contributed by atoms with Crippen LogP contribution in [0.2, 0.25) is 0 Å². The number of carboxylic acids is 1. The van der Waals surface area contributed by atoms with Crippen LogP contribution in [0, 0.1) is 0 Å². The number of nitrogens with one attached hydrogen (secondary N) is 1. The third-order valence-corrected chi connectivity index (χ3v) is 3.91. The van der Waals surface area contributed by atoms with Gasteiger partial charge in [-0.1, -0.05) is 0 Å². The number of aliphatic carboxylic acids is 1. The van der Waals surface area contributed by atoms with E-state index in [2.05, 4.69) is 10.2 Å². The molecular formula is C14H26N2O3. The molecule has 0 aromatic carbocycles. The van der Waals surface area contributed by atoms with Crippen molar-refractivity contribution in [3.05, 3.63) is 0 Å². The lowest BCUT2D eigenvalue weighted by molar-refractivity contribution is -0.139. The summed E-state index contributed by atoms with van der Waals surface area (Å²) in [5.74, 6) is -0.717. The molecule has 5 heteroatoms. The zero-order chi connectivity index (χ0) is 13.7. The lowest BCUT2D eigenvalue weighted by Gasteiger charge is -2.33. The highest BCUT2D eigenvalue weighted by molar-refractivity contribution is 5.73. The molecule has 1 aliphatic heterocycles. The van der Waals surface area contributed by atoms with Crippen LogP contribution in [-0.2, 0) is 9.53 Å². The van der Waals surface area contributed by atoms with Gasteiger partial charge in [0.05, 0.1) is 6.10 Å². The van der Waals surface area contributed by atoms with Crippen LogP contribution in [0.4, 0.5) is 0 Å². The zero-order valence-electron chi connectivity index (χ0n) is 11.8. The van der Waals surface area contributed by atoms with Crippen molar-refractivity contribution in [2.45, 2.75) is 57.2 Å². The van der Waals surface area contributed by atoms with E-state index in [1.165, 1.54) is 0 Å². The van der Waals surface area contributed by atoms with Gasteiger partial charge in [-0.15, -0.1) is 0 Å². The van der Waals surface area contributed by atoms with Gasteiger partial charge in [-0.05, 0) is 45.6 Å². The van der Waals surface area contributed by atoms with Crippen molar-refractivity contribution in [3.63, 3.8) is 0 Å². The number of carboxylic acid groups (broad SMARTS) is 1. The largest absolute Gasteiger partial charge is 0.480 e. The zero-order valence-corrected chi connectivity index (χ0v) is 11.8. The van der Waals surface area contributed by atoms with Gasteiger partial charge in [-0.3, -0.25) is 4.79 Å². The fourth-order valence-electron chi connectivity index (χ4n) is 2.71. The third-order valence-electron chi connectivity index (χ3n) is 3.91. The molecule has 2 N–H and O–H groups in total. The fourth-order valence-corrected chi connectivity index (χ4v) is 2.71. The highest BCUT2D eigenvalue weighted by atomic mass is 16.5. The van der Waals surface area contributed by atoms with Gasteiger partial charge in [-0.2, -0.15) is 0 Å². The van der Waals surface area contributed by atoms with E-state index in [9.17, 15) is 9.90 Å². The Hall–Kier alpha value is -0.650. The predicted octanol–water partition coefficient (Wildman–Crippen LogP) is 1.08. The Bertz CT molecular complexity index is 292. The Labute approximate surface area is 115 Å². The average molecular weight is 270 g/mol. The monoisotopic (exact) mass is 270 g/mol. The Morgan fingerprint density at radius 3 is 2.89 bits per heavy atom. The topological polar surface area (TPSA) is 61.8 Å². The molecule has 1 heterocycles. The van der Waals surface area contributed by atoms with Gasteiger partial charge in [0.25, 0.3) is 0 Å². The molecule has 1 saturated heterocycles. The highest BCUT2D eigenvalue weighted by Crippen LogP contribution is 2.20. The van der Waals surface area contributed by atoms with Crippen LogP contribution in [0.25, 0.3) is 0 Å². The molecular weight excluding hydrogens is 244 g/mol. The summed E-state index contributed by atoms with van der Waals surface area (Å²) in [6.45, 7) is 5.65. The highest BCUT2D eigenvalue weighted by Gasteiger charge is 2.29. The minimum absolute atomic E-state index is 0.332. The summed E-state index contributed by atoms with van der Waals surface area (Å²) < 4.78 is 5.67. The van der Waals surface area contributed by atoms with E-state index in [0.29, 0.717) is 18.6 Å². The molecule has 5 nitrogen and oxygen atoms in total. The van der Waals surface area contributed by atoms with Crippen LogP contribution in [-0.4, -0.2) is 60.4 Å². The number of likely N-dealkylation sites (tertiary alicyclic amines) is 1. The first kappa shape index (κ1) is 14.8. The summed E-state index contributed by atoms with van der Waals surface area (Å²) in [5, 5.41) is 12.4. The maximum atomic E-state index is 11.2. The second kappa shape index (κ2) is 7.22. The molecule has 1 saturated carbocycles. The molecule has 110 valence electrons. The van der Waals surface area contributed by atoms with Crippen LogP contribution >= 0.6 is 0 Å². The van der Waals surface area contributed by atoms with Gasteiger partial charge in [-0.25, -0.2) is 0 Å². The second-order valence-corrected chi connectivity index (χ2v) is 5.64. The summed E-state index contributed by atoms with van der Waals surface area (Å²) in [6, 6.07) is 0.0543. The van der Waals surface area contributed by atoms with E-state index >= 15 is 0 Å². The van der Waals surface area contributed by atoms with Crippen molar-refractivity contribution in [1.29, 1.82) is 0 Å². The molecule has 1 aliphatic carbocycles. The number of nitrogens with zero attached hydrogens (tertiary/aromatic N) is 1. The number of hydrogen-bond donors (Lipinski definition) is 2. The maximum absolute atomic E-state index is 11.2. The summed E-state index contributed by atoms with van der Waals surface area (Å²) in [7, 11) is 0. The Kier molecular flexibility index (Phi) is 5.60. The minimum atomic E-state index is -0.717. The molecule has 0 aromatic rings. The molecule has 2 aliphatic rings. The number of piperidine rings is 1.